The molecule has 1 aliphatic carbocycles. The smallest absolute Gasteiger partial charge is 0.217 e. The van der Waals surface area contributed by atoms with Crippen LogP contribution in [0.15, 0.2) is 36.4 Å². The minimum Gasteiger partial charge on any atom is -0.508 e. The van der Waals surface area contributed by atoms with E-state index in [2.05, 4.69) is 20.8 Å². The Morgan fingerprint density at radius 3 is 2.55 bits per heavy atom. The van der Waals surface area contributed by atoms with E-state index in [1.807, 2.05) is 31.2 Å². The Morgan fingerprint density at radius 1 is 1.10 bits per heavy atom. The lowest BCUT2D eigenvalue weighted by Crippen LogP contribution is -2.48. The highest BCUT2D eigenvalue weighted by atomic mass is 16.3. The molecule has 1 aromatic carbocycles. The molecule has 1 amide bonds. The topological polar surface area (TPSA) is 104 Å². The summed E-state index contributed by atoms with van der Waals surface area (Å²) in [4.78, 5) is 11.5. The number of phenols is 1. The van der Waals surface area contributed by atoms with Gasteiger partial charge in [0.2, 0.25) is 5.91 Å². The first kappa shape index (κ1) is 19.2. The Labute approximate surface area is 169 Å². The van der Waals surface area contributed by atoms with E-state index in [1.165, 1.54) is 0 Å². The number of nitrogens with zero attached hydrogens (tertiary/aromatic N) is 4. The lowest BCUT2D eigenvalue weighted by molar-refractivity contribution is -0.119. The third-order valence-electron chi connectivity index (χ3n) is 5.56. The fourth-order valence-electron chi connectivity index (χ4n) is 3.99. The Kier molecular flexibility index (Phi) is 5.33. The van der Waals surface area contributed by atoms with E-state index in [4.69, 9.17) is 5.10 Å². The van der Waals surface area contributed by atoms with Gasteiger partial charge in [0.25, 0.3) is 0 Å². The number of carbonyl (C=O) groups excluding carboxylic acids is 1. The molecule has 0 bridgehead atoms. The molecule has 8 heteroatoms. The van der Waals surface area contributed by atoms with Gasteiger partial charge in [0.1, 0.15) is 11.6 Å². The second kappa shape index (κ2) is 8.06. The predicted octanol–water partition coefficient (Wildman–Crippen LogP) is 2.84. The summed E-state index contributed by atoms with van der Waals surface area (Å²) in [6, 6.07) is 11.1. The predicted molar refractivity (Wildman–Crippen MR) is 110 cm³/mol. The number of aromatic nitrogens is 4. The molecule has 0 aliphatic heterocycles. The standard InChI is InChI=1S/C21H26N6O2/c1-13(15-7-9-16(29)10-8-15)21-25-24-20-12-11-19(26-27(20)21)23-18-6-4-3-5-17(18)22-14(2)28/h7-13,17-18,29H,3-6H2,1-2H3,(H,22,28)(H,23,26)/t13-,17-,18+/m0/s1. The average molecular weight is 394 g/mol. The first-order valence-corrected chi connectivity index (χ1v) is 10.1. The molecular formula is C21H26N6O2. The van der Waals surface area contributed by atoms with Crippen molar-refractivity contribution in [1.82, 2.24) is 25.1 Å². The lowest BCUT2D eigenvalue weighted by atomic mass is 9.90. The second-order valence-electron chi connectivity index (χ2n) is 7.70. The van der Waals surface area contributed by atoms with Crippen LogP contribution in [0.4, 0.5) is 5.82 Å². The molecule has 1 aliphatic rings. The van der Waals surface area contributed by atoms with E-state index < -0.39 is 0 Å². The van der Waals surface area contributed by atoms with Crippen LogP contribution in [0.5, 0.6) is 5.75 Å². The van der Waals surface area contributed by atoms with E-state index in [9.17, 15) is 9.90 Å². The number of anilines is 1. The van der Waals surface area contributed by atoms with Gasteiger partial charge in [-0.15, -0.1) is 15.3 Å². The minimum atomic E-state index is -0.0323. The third-order valence-corrected chi connectivity index (χ3v) is 5.56. The molecule has 3 N–H and O–H groups in total. The summed E-state index contributed by atoms with van der Waals surface area (Å²) >= 11 is 0. The van der Waals surface area contributed by atoms with Gasteiger partial charge < -0.3 is 15.7 Å². The fraction of sp³-hybridized carbons (Fsp3) is 0.429. The monoisotopic (exact) mass is 394 g/mol. The van der Waals surface area contributed by atoms with Crippen LogP contribution in [-0.2, 0) is 4.79 Å². The maximum absolute atomic E-state index is 11.5. The number of carbonyl (C=O) groups is 1. The number of benzene rings is 1. The van der Waals surface area contributed by atoms with Gasteiger partial charge in [-0.05, 0) is 42.7 Å². The van der Waals surface area contributed by atoms with Gasteiger partial charge in [-0.3, -0.25) is 4.79 Å². The number of nitrogens with one attached hydrogen (secondary N) is 2. The largest absolute Gasteiger partial charge is 0.508 e. The van der Waals surface area contributed by atoms with Crippen LogP contribution < -0.4 is 10.6 Å². The molecule has 0 unspecified atom stereocenters. The molecule has 8 nitrogen and oxygen atoms in total. The van der Waals surface area contributed by atoms with Crippen LogP contribution in [0.2, 0.25) is 0 Å². The number of hydrogen-bond donors (Lipinski definition) is 3. The summed E-state index contributed by atoms with van der Waals surface area (Å²) in [5.74, 6) is 1.67. The molecule has 0 spiro atoms. The summed E-state index contributed by atoms with van der Waals surface area (Å²) in [7, 11) is 0. The van der Waals surface area contributed by atoms with Crippen LogP contribution in [0.1, 0.15) is 56.8 Å². The van der Waals surface area contributed by atoms with E-state index in [0.717, 1.165) is 42.9 Å². The molecule has 3 atom stereocenters. The van der Waals surface area contributed by atoms with Crippen molar-refractivity contribution in [2.75, 3.05) is 5.32 Å². The molecule has 2 heterocycles. The maximum atomic E-state index is 11.5. The van der Waals surface area contributed by atoms with Gasteiger partial charge in [-0.2, -0.15) is 4.52 Å². The van der Waals surface area contributed by atoms with E-state index in [1.54, 1.807) is 23.6 Å². The number of phenolic OH excluding ortho intramolecular Hbond substituents is 1. The van der Waals surface area contributed by atoms with Crippen molar-refractivity contribution in [3.05, 3.63) is 47.8 Å². The SMILES string of the molecule is CC(=O)N[C@H]1CCCC[C@H]1Nc1ccc2nnc([C@@H](C)c3ccc(O)cc3)n2n1. The summed E-state index contributed by atoms with van der Waals surface area (Å²) in [5, 5.41) is 29.4. The summed E-state index contributed by atoms with van der Waals surface area (Å²) in [6.45, 7) is 3.60. The van der Waals surface area contributed by atoms with E-state index >= 15 is 0 Å². The van der Waals surface area contributed by atoms with Crippen molar-refractivity contribution >= 4 is 17.4 Å². The Balaban J connectivity index is 1.59. The highest BCUT2D eigenvalue weighted by Crippen LogP contribution is 2.26. The van der Waals surface area contributed by atoms with Crippen LogP contribution in [-0.4, -0.2) is 42.9 Å². The quantitative estimate of drug-likeness (QED) is 0.615. The molecular weight excluding hydrogens is 368 g/mol. The molecule has 1 saturated carbocycles. The van der Waals surface area contributed by atoms with Crippen molar-refractivity contribution in [3.63, 3.8) is 0 Å². The van der Waals surface area contributed by atoms with Gasteiger partial charge >= 0.3 is 0 Å². The molecule has 3 aromatic rings. The van der Waals surface area contributed by atoms with E-state index in [-0.39, 0.29) is 29.7 Å². The van der Waals surface area contributed by atoms with Gasteiger partial charge in [-0.1, -0.05) is 31.9 Å². The maximum Gasteiger partial charge on any atom is 0.217 e. The van der Waals surface area contributed by atoms with Crippen molar-refractivity contribution in [1.29, 1.82) is 0 Å². The summed E-state index contributed by atoms with van der Waals surface area (Å²) in [5.41, 5.74) is 1.70. The zero-order valence-corrected chi connectivity index (χ0v) is 16.7. The number of amides is 1. The lowest BCUT2D eigenvalue weighted by Gasteiger charge is -2.32. The Bertz CT molecular complexity index is 1000. The summed E-state index contributed by atoms with van der Waals surface area (Å²) in [6.07, 6.45) is 4.21. The second-order valence-corrected chi connectivity index (χ2v) is 7.70. The number of hydrogen-bond acceptors (Lipinski definition) is 6. The first-order valence-electron chi connectivity index (χ1n) is 10.1. The minimum absolute atomic E-state index is 0.00377. The zero-order valence-electron chi connectivity index (χ0n) is 16.7. The average Bonchev–Trinajstić information content (AvgIpc) is 3.12. The zero-order chi connectivity index (χ0) is 20.4. The molecule has 0 saturated heterocycles. The van der Waals surface area contributed by atoms with Crippen molar-refractivity contribution in [3.8, 4) is 5.75 Å². The van der Waals surface area contributed by atoms with Gasteiger partial charge in [0.15, 0.2) is 11.5 Å². The van der Waals surface area contributed by atoms with Crippen LogP contribution in [0.25, 0.3) is 5.65 Å². The van der Waals surface area contributed by atoms with Gasteiger partial charge in [0, 0.05) is 24.9 Å². The number of aromatic hydroxyl groups is 1. The molecule has 4 rings (SSSR count). The molecule has 2 aromatic heterocycles. The highest BCUT2D eigenvalue weighted by Gasteiger charge is 2.26. The first-order chi connectivity index (χ1) is 14.0. The molecule has 1 fully saturated rings. The number of rotatable bonds is 5. The van der Waals surface area contributed by atoms with Crippen LogP contribution in [0.3, 0.4) is 0 Å². The van der Waals surface area contributed by atoms with Crippen molar-refractivity contribution in [2.45, 2.75) is 57.5 Å². The fourth-order valence-corrected chi connectivity index (χ4v) is 3.99. The van der Waals surface area contributed by atoms with E-state index in [0.29, 0.717) is 5.65 Å². The Hall–Kier alpha value is -3.16. The van der Waals surface area contributed by atoms with Gasteiger partial charge in [0.05, 0.1) is 0 Å². The Morgan fingerprint density at radius 2 is 1.83 bits per heavy atom. The number of fused-ring (bicyclic) bond motifs is 1. The molecule has 29 heavy (non-hydrogen) atoms. The molecule has 0 radical (unpaired) electrons. The normalized spacial score (nSPS) is 20.3. The van der Waals surface area contributed by atoms with Crippen molar-refractivity contribution in [2.24, 2.45) is 0 Å². The third kappa shape index (κ3) is 4.16. The summed E-state index contributed by atoms with van der Waals surface area (Å²) < 4.78 is 1.76. The van der Waals surface area contributed by atoms with Crippen molar-refractivity contribution < 1.29 is 9.90 Å². The highest BCUT2D eigenvalue weighted by molar-refractivity contribution is 5.73. The van der Waals surface area contributed by atoms with Crippen LogP contribution >= 0.6 is 0 Å². The van der Waals surface area contributed by atoms with Gasteiger partial charge in [-0.25, -0.2) is 0 Å². The van der Waals surface area contributed by atoms with Crippen LogP contribution in [0, 0.1) is 0 Å². The molecule has 152 valence electrons.